The van der Waals surface area contributed by atoms with Gasteiger partial charge in [0, 0.05) is 6.08 Å². The number of fused-ring (bicyclic) bond motifs is 1. The van der Waals surface area contributed by atoms with Crippen LogP contribution < -0.4 is 5.32 Å². The number of amides is 2. The summed E-state index contributed by atoms with van der Waals surface area (Å²) in [7, 11) is 0. The van der Waals surface area contributed by atoms with E-state index in [1.54, 1.807) is 6.92 Å². The summed E-state index contributed by atoms with van der Waals surface area (Å²) in [6.07, 6.45) is 6.53. The zero-order valence-corrected chi connectivity index (χ0v) is 10.3. The SMILES string of the molecule is C=CC(=O)OCC.O=C1NC(=O)C2CC=CCC12. The topological polar surface area (TPSA) is 72.5 Å². The molecule has 2 amide bonds. The van der Waals surface area contributed by atoms with Gasteiger partial charge in [0.2, 0.25) is 11.8 Å². The van der Waals surface area contributed by atoms with Gasteiger partial charge in [0.1, 0.15) is 0 Å². The molecule has 1 fully saturated rings. The van der Waals surface area contributed by atoms with Crippen molar-refractivity contribution in [1.29, 1.82) is 0 Å². The van der Waals surface area contributed by atoms with Crippen molar-refractivity contribution in [3.63, 3.8) is 0 Å². The number of ether oxygens (including phenoxy) is 1. The van der Waals surface area contributed by atoms with Crippen LogP contribution in [-0.2, 0) is 19.1 Å². The Bertz CT molecular complexity index is 362. The molecule has 1 heterocycles. The van der Waals surface area contributed by atoms with Crippen LogP contribution in [0.2, 0.25) is 0 Å². The maximum Gasteiger partial charge on any atom is 0.330 e. The smallest absolute Gasteiger partial charge is 0.330 e. The first kappa shape index (κ1) is 14.2. The second kappa shape index (κ2) is 6.74. The molecule has 0 aromatic heterocycles. The molecule has 0 radical (unpaired) electrons. The van der Waals surface area contributed by atoms with Crippen LogP contribution in [0, 0.1) is 11.8 Å². The van der Waals surface area contributed by atoms with E-state index in [0.717, 1.165) is 18.9 Å². The van der Waals surface area contributed by atoms with Gasteiger partial charge in [-0.25, -0.2) is 4.79 Å². The first-order valence-electron chi connectivity index (χ1n) is 5.89. The molecule has 98 valence electrons. The minimum absolute atomic E-state index is 0.0764. The third kappa shape index (κ3) is 3.55. The summed E-state index contributed by atoms with van der Waals surface area (Å²) >= 11 is 0. The molecular formula is C13H17NO4. The van der Waals surface area contributed by atoms with Crippen LogP contribution in [0.1, 0.15) is 19.8 Å². The van der Waals surface area contributed by atoms with Gasteiger partial charge in [0.25, 0.3) is 0 Å². The summed E-state index contributed by atoms with van der Waals surface area (Å²) < 4.78 is 4.43. The fraction of sp³-hybridized carbons (Fsp3) is 0.462. The first-order valence-corrected chi connectivity index (χ1v) is 5.89. The molecule has 5 nitrogen and oxygen atoms in total. The summed E-state index contributed by atoms with van der Waals surface area (Å²) in [5.41, 5.74) is 0. The zero-order chi connectivity index (χ0) is 13.5. The highest BCUT2D eigenvalue weighted by atomic mass is 16.5. The molecule has 1 N–H and O–H groups in total. The second-order valence-electron chi connectivity index (χ2n) is 3.97. The summed E-state index contributed by atoms with van der Waals surface area (Å²) in [6, 6.07) is 0. The molecule has 0 spiro atoms. The molecule has 2 aliphatic rings. The Labute approximate surface area is 106 Å². The van der Waals surface area contributed by atoms with Crippen molar-refractivity contribution < 1.29 is 19.1 Å². The predicted molar refractivity (Wildman–Crippen MR) is 65.3 cm³/mol. The van der Waals surface area contributed by atoms with Gasteiger partial charge in [0.15, 0.2) is 0 Å². The Morgan fingerprint density at radius 2 is 1.89 bits per heavy atom. The maximum absolute atomic E-state index is 11.1. The molecule has 0 saturated carbocycles. The van der Waals surface area contributed by atoms with Crippen molar-refractivity contribution >= 4 is 17.8 Å². The number of hydrogen-bond donors (Lipinski definition) is 1. The average Bonchev–Trinajstić information content (AvgIpc) is 2.67. The number of allylic oxidation sites excluding steroid dienone is 2. The van der Waals surface area contributed by atoms with Crippen molar-refractivity contribution in [1.82, 2.24) is 5.32 Å². The van der Waals surface area contributed by atoms with Gasteiger partial charge in [-0.1, -0.05) is 18.7 Å². The Kier molecular flexibility index (Phi) is 5.30. The number of hydrogen-bond acceptors (Lipinski definition) is 4. The Balaban J connectivity index is 0.000000203. The van der Waals surface area contributed by atoms with Gasteiger partial charge in [-0.15, -0.1) is 0 Å². The first-order chi connectivity index (χ1) is 8.60. The Morgan fingerprint density at radius 3 is 2.22 bits per heavy atom. The average molecular weight is 251 g/mol. The van der Waals surface area contributed by atoms with Crippen LogP contribution in [0.25, 0.3) is 0 Å². The van der Waals surface area contributed by atoms with Gasteiger partial charge in [-0.3, -0.25) is 14.9 Å². The minimum atomic E-state index is -0.359. The molecule has 2 unspecified atom stereocenters. The lowest BCUT2D eigenvalue weighted by molar-refractivity contribution is -0.137. The lowest BCUT2D eigenvalue weighted by atomic mass is 9.85. The molecule has 0 aromatic rings. The fourth-order valence-corrected chi connectivity index (χ4v) is 1.90. The van der Waals surface area contributed by atoms with E-state index in [2.05, 4.69) is 16.6 Å². The van der Waals surface area contributed by atoms with E-state index < -0.39 is 0 Å². The molecule has 2 rings (SSSR count). The highest BCUT2D eigenvalue weighted by Crippen LogP contribution is 2.29. The molecule has 0 aromatic carbocycles. The van der Waals surface area contributed by atoms with Crippen molar-refractivity contribution in [2.45, 2.75) is 19.8 Å². The molecule has 1 aliphatic heterocycles. The number of carbonyl (C=O) groups excluding carboxylic acids is 3. The maximum atomic E-state index is 11.1. The van der Waals surface area contributed by atoms with Crippen LogP contribution in [0.4, 0.5) is 0 Å². The van der Waals surface area contributed by atoms with Crippen LogP contribution >= 0.6 is 0 Å². The molecule has 18 heavy (non-hydrogen) atoms. The minimum Gasteiger partial charge on any atom is -0.463 e. The molecule has 5 heteroatoms. The van der Waals surface area contributed by atoms with Crippen LogP contribution in [0.15, 0.2) is 24.8 Å². The van der Waals surface area contributed by atoms with Gasteiger partial charge < -0.3 is 4.74 Å². The van der Waals surface area contributed by atoms with Gasteiger partial charge in [0.05, 0.1) is 18.4 Å². The van der Waals surface area contributed by atoms with Crippen LogP contribution in [0.3, 0.4) is 0 Å². The quantitative estimate of drug-likeness (QED) is 0.343. The molecule has 1 saturated heterocycles. The largest absolute Gasteiger partial charge is 0.463 e. The molecule has 0 bridgehead atoms. The normalized spacial score (nSPS) is 24.5. The van der Waals surface area contributed by atoms with Crippen LogP contribution in [-0.4, -0.2) is 24.4 Å². The van der Waals surface area contributed by atoms with Crippen molar-refractivity contribution in [2.24, 2.45) is 11.8 Å². The molecular weight excluding hydrogens is 234 g/mol. The lowest BCUT2D eigenvalue weighted by Crippen LogP contribution is -2.21. The standard InChI is InChI=1S/C8H9NO2.C5H8O2/c10-7-5-3-1-2-4-6(5)8(11)9-7;1-3-5(6)7-4-2/h1-2,5-6H,3-4H2,(H,9,10,11);3H,1,4H2,2H3. The summed E-state index contributed by atoms with van der Waals surface area (Å²) in [5, 5.41) is 2.34. The Hall–Kier alpha value is -1.91. The number of esters is 1. The van der Waals surface area contributed by atoms with Crippen molar-refractivity contribution in [3.05, 3.63) is 24.8 Å². The number of nitrogens with one attached hydrogen (secondary N) is 1. The zero-order valence-electron chi connectivity index (χ0n) is 10.3. The van der Waals surface area contributed by atoms with E-state index >= 15 is 0 Å². The predicted octanol–water partition coefficient (Wildman–Crippen LogP) is 0.961. The van der Waals surface area contributed by atoms with Gasteiger partial charge in [-0.2, -0.15) is 0 Å². The van der Waals surface area contributed by atoms with E-state index in [1.807, 2.05) is 12.2 Å². The second-order valence-corrected chi connectivity index (χ2v) is 3.97. The number of rotatable bonds is 2. The Morgan fingerprint density at radius 1 is 1.39 bits per heavy atom. The van der Waals surface area contributed by atoms with Crippen molar-refractivity contribution in [3.8, 4) is 0 Å². The van der Waals surface area contributed by atoms with E-state index in [-0.39, 0.29) is 29.6 Å². The summed E-state index contributed by atoms with van der Waals surface area (Å²) in [4.78, 5) is 32.2. The highest BCUT2D eigenvalue weighted by Gasteiger charge is 2.40. The number of carbonyl (C=O) groups is 3. The molecule has 2 atom stereocenters. The third-order valence-corrected chi connectivity index (χ3v) is 2.81. The van der Waals surface area contributed by atoms with E-state index in [0.29, 0.717) is 6.61 Å². The lowest BCUT2D eigenvalue weighted by Gasteiger charge is -2.14. The summed E-state index contributed by atoms with van der Waals surface area (Å²) in [5.74, 6) is -0.698. The molecule has 1 aliphatic carbocycles. The third-order valence-electron chi connectivity index (χ3n) is 2.81. The highest BCUT2D eigenvalue weighted by molar-refractivity contribution is 6.05. The van der Waals surface area contributed by atoms with Gasteiger partial charge >= 0.3 is 5.97 Å². The van der Waals surface area contributed by atoms with E-state index in [1.165, 1.54) is 0 Å². The van der Waals surface area contributed by atoms with E-state index in [9.17, 15) is 14.4 Å². The monoisotopic (exact) mass is 251 g/mol. The number of imide groups is 1. The van der Waals surface area contributed by atoms with Crippen LogP contribution in [0.5, 0.6) is 0 Å². The van der Waals surface area contributed by atoms with Gasteiger partial charge in [-0.05, 0) is 19.8 Å². The van der Waals surface area contributed by atoms with Crippen molar-refractivity contribution in [2.75, 3.05) is 6.61 Å². The fourth-order valence-electron chi connectivity index (χ4n) is 1.90. The van der Waals surface area contributed by atoms with E-state index in [4.69, 9.17) is 0 Å². The summed E-state index contributed by atoms with van der Waals surface area (Å²) in [6.45, 7) is 5.38.